The van der Waals surface area contributed by atoms with Gasteiger partial charge in [-0.1, -0.05) is 19.8 Å². The highest BCUT2D eigenvalue weighted by Crippen LogP contribution is 2.26. The minimum Gasteiger partial charge on any atom is -0.298 e. The fourth-order valence-electron chi connectivity index (χ4n) is 3.76. The van der Waals surface area contributed by atoms with Crippen LogP contribution in [0.2, 0.25) is 0 Å². The number of hydrogen-bond donors (Lipinski definition) is 0. The summed E-state index contributed by atoms with van der Waals surface area (Å²) >= 11 is 3.73. The number of rotatable bonds is 4. The summed E-state index contributed by atoms with van der Waals surface area (Å²) in [4.78, 5) is 5.30. The van der Waals surface area contributed by atoms with Crippen LogP contribution < -0.4 is 0 Å². The average Bonchev–Trinajstić information content (AvgIpc) is 3.12. The van der Waals surface area contributed by atoms with Crippen molar-refractivity contribution < 1.29 is 0 Å². The molecule has 0 amide bonds. The Morgan fingerprint density at radius 3 is 2.38 bits per heavy atom. The van der Waals surface area contributed by atoms with Gasteiger partial charge in [-0.2, -0.15) is 5.10 Å². The quantitative estimate of drug-likeness (QED) is 0.830. The molecule has 0 spiro atoms. The van der Waals surface area contributed by atoms with E-state index in [1.165, 1.54) is 67.7 Å². The number of nitrogens with zero attached hydrogens (tertiary/aromatic N) is 4. The minimum atomic E-state index is 0.877. The topological polar surface area (TPSA) is 24.3 Å². The van der Waals surface area contributed by atoms with E-state index in [0.29, 0.717) is 0 Å². The average molecular weight is 355 g/mol. The lowest BCUT2D eigenvalue weighted by atomic mass is 10.1. The van der Waals surface area contributed by atoms with Crippen molar-refractivity contribution in [3.8, 4) is 0 Å². The first kappa shape index (κ1) is 15.5. The molecule has 1 saturated carbocycles. The molecule has 4 nitrogen and oxygen atoms in total. The third kappa shape index (κ3) is 3.35. The summed E-state index contributed by atoms with van der Waals surface area (Å²) in [6.07, 6.45) is 6.71. The third-order valence-electron chi connectivity index (χ3n) is 5.12. The first-order valence-electron chi connectivity index (χ1n) is 8.35. The maximum atomic E-state index is 4.60. The van der Waals surface area contributed by atoms with E-state index in [4.69, 9.17) is 0 Å². The van der Waals surface area contributed by atoms with Crippen molar-refractivity contribution in [2.24, 2.45) is 7.05 Å². The summed E-state index contributed by atoms with van der Waals surface area (Å²) in [7, 11) is 2.06. The highest BCUT2D eigenvalue weighted by Gasteiger charge is 2.26. The normalized spacial score (nSPS) is 22.2. The summed E-state index contributed by atoms with van der Waals surface area (Å²) in [5.41, 5.74) is 2.50. The van der Waals surface area contributed by atoms with Crippen LogP contribution in [0.3, 0.4) is 0 Å². The van der Waals surface area contributed by atoms with E-state index in [9.17, 15) is 0 Å². The summed E-state index contributed by atoms with van der Waals surface area (Å²) in [6, 6.07) is 0.877. The standard InChI is InChI=1S/C16H27BrN4/c1-3-14-16(17)15(19(2)18-14)12-20-8-10-21(11-9-20)13-6-4-5-7-13/h13H,3-12H2,1-2H3. The Hall–Kier alpha value is -0.390. The van der Waals surface area contributed by atoms with Gasteiger partial charge in [-0.15, -0.1) is 0 Å². The fraction of sp³-hybridized carbons (Fsp3) is 0.812. The molecule has 21 heavy (non-hydrogen) atoms. The van der Waals surface area contributed by atoms with Gasteiger partial charge in [0.15, 0.2) is 0 Å². The maximum absolute atomic E-state index is 4.60. The van der Waals surface area contributed by atoms with Crippen LogP contribution >= 0.6 is 15.9 Å². The molecule has 1 aliphatic heterocycles. The van der Waals surface area contributed by atoms with Crippen LogP contribution in [0.4, 0.5) is 0 Å². The monoisotopic (exact) mass is 354 g/mol. The molecule has 1 aromatic heterocycles. The van der Waals surface area contributed by atoms with Gasteiger partial charge in [-0.25, -0.2) is 0 Å². The lowest BCUT2D eigenvalue weighted by Gasteiger charge is -2.38. The second-order valence-electron chi connectivity index (χ2n) is 6.43. The van der Waals surface area contributed by atoms with Crippen LogP contribution in [0.5, 0.6) is 0 Å². The third-order valence-corrected chi connectivity index (χ3v) is 6.04. The van der Waals surface area contributed by atoms with Gasteiger partial charge < -0.3 is 0 Å². The predicted octanol–water partition coefficient (Wildman–Crippen LogP) is 2.81. The smallest absolute Gasteiger partial charge is 0.0767 e. The summed E-state index contributed by atoms with van der Waals surface area (Å²) in [5, 5.41) is 4.60. The maximum Gasteiger partial charge on any atom is 0.0767 e. The van der Waals surface area contributed by atoms with Crippen LogP contribution in [0, 0.1) is 0 Å². The van der Waals surface area contributed by atoms with Crippen LogP contribution in [-0.2, 0) is 20.0 Å². The van der Waals surface area contributed by atoms with Gasteiger partial charge >= 0.3 is 0 Å². The summed E-state index contributed by atoms with van der Waals surface area (Å²) in [5.74, 6) is 0. The molecule has 0 unspecified atom stereocenters. The largest absolute Gasteiger partial charge is 0.298 e. The summed E-state index contributed by atoms with van der Waals surface area (Å²) < 4.78 is 3.26. The van der Waals surface area contributed by atoms with E-state index in [1.54, 1.807) is 0 Å². The Labute approximate surface area is 136 Å². The molecule has 2 aliphatic rings. The van der Waals surface area contributed by atoms with E-state index in [0.717, 1.165) is 19.0 Å². The molecule has 3 rings (SSSR count). The van der Waals surface area contributed by atoms with Crippen LogP contribution in [-0.4, -0.2) is 51.8 Å². The summed E-state index contributed by atoms with van der Waals surface area (Å²) in [6.45, 7) is 8.03. The van der Waals surface area contributed by atoms with Crippen molar-refractivity contribution in [1.29, 1.82) is 0 Å². The molecule has 0 bridgehead atoms. The highest BCUT2D eigenvalue weighted by molar-refractivity contribution is 9.10. The number of halogens is 1. The molecule has 0 N–H and O–H groups in total. The van der Waals surface area contributed by atoms with Gasteiger partial charge in [0.1, 0.15) is 0 Å². The van der Waals surface area contributed by atoms with E-state index in [1.807, 2.05) is 4.68 Å². The zero-order valence-corrected chi connectivity index (χ0v) is 14.9. The Bertz CT molecular complexity index is 471. The van der Waals surface area contributed by atoms with Crippen molar-refractivity contribution in [3.05, 3.63) is 15.9 Å². The molecule has 2 fully saturated rings. The SMILES string of the molecule is CCc1nn(C)c(CN2CCN(C3CCCC3)CC2)c1Br. The zero-order chi connectivity index (χ0) is 14.8. The molecule has 0 aromatic carbocycles. The van der Waals surface area contributed by atoms with Gasteiger partial charge in [-0.3, -0.25) is 14.5 Å². The Balaban J connectivity index is 1.56. The van der Waals surface area contributed by atoms with Crippen molar-refractivity contribution in [1.82, 2.24) is 19.6 Å². The van der Waals surface area contributed by atoms with Gasteiger partial charge in [-0.05, 0) is 35.2 Å². The van der Waals surface area contributed by atoms with Gasteiger partial charge in [0.05, 0.1) is 15.9 Å². The molecule has 1 saturated heterocycles. The van der Waals surface area contributed by atoms with E-state index in [2.05, 4.69) is 44.8 Å². The Morgan fingerprint density at radius 1 is 1.14 bits per heavy atom. The van der Waals surface area contributed by atoms with Gasteiger partial charge in [0, 0.05) is 45.8 Å². The zero-order valence-electron chi connectivity index (χ0n) is 13.3. The fourth-order valence-corrected chi connectivity index (χ4v) is 4.50. The molecule has 5 heteroatoms. The molecule has 0 radical (unpaired) electrons. The number of piperazine rings is 1. The van der Waals surface area contributed by atoms with Crippen molar-refractivity contribution in [2.45, 2.75) is 51.6 Å². The van der Waals surface area contributed by atoms with Crippen molar-refractivity contribution in [2.75, 3.05) is 26.2 Å². The van der Waals surface area contributed by atoms with Crippen molar-refractivity contribution in [3.63, 3.8) is 0 Å². The Morgan fingerprint density at radius 2 is 1.81 bits per heavy atom. The number of aryl methyl sites for hydroxylation is 2. The minimum absolute atomic E-state index is 0.877. The van der Waals surface area contributed by atoms with Crippen LogP contribution in [0.15, 0.2) is 4.47 Å². The lowest BCUT2D eigenvalue weighted by molar-refractivity contribution is 0.0921. The molecule has 118 valence electrons. The molecular formula is C16H27BrN4. The first-order valence-corrected chi connectivity index (χ1v) is 9.15. The highest BCUT2D eigenvalue weighted by atomic mass is 79.9. The second-order valence-corrected chi connectivity index (χ2v) is 7.23. The molecular weight excluding hydrogens is 328 g/mol. The van der Waals surface area contributed by atoms with Crippen molar-refractivity contribution >= 4 is 15.9 Å². The van der Waals surface area contributed by atoms with E-state index < -0.39 is 0 Å². The molecule has 1 aliphatic carbocycles. The van der Waals surface area contributed by atoms with Gasteiger partial charge in [0.2, 0.25) is 0 Å². The first-order chi connectivity index (χ1) is 10.2. The molecule has 0 atom stereocenters. The van der Waals surface area contributed by atoms with Gasteiger partial charge in [0.25, 0.3) is 0 Å². The van der Waals surface area contributed by atoms with E-state index in [-0.39, 0.29) is 0 Å². The lowest BCUT2D eigenvalue weighted by Crippen LogP contribution is -2.49. The predicted molar refractivity (Wildman–Crippen MR) is 89.4 cm³/mol. The number of hydrogen-bond acceptors (Lipinski definition) is 3. The Kier molecular flexibility index (Phi) is 5.02. The van der Waals surface area contributed by atoms with E-state index >= 15 is 0 Å². The van der Waals surface area contributed by atoms with Crippen LogP contribution in [0.25, 0.3) is 0 Å². The van der Waals surface area contributed by atoms with Crippen LogP contribution in [0.1, 0.15) is 44.0 Å². The molecule has 2 heterocycles. The molecule has 1 aromatic rings. The second kappa shape index (κ2) is 6.80. The number of aromatic nitrogens is 2.